The summed E-state index contributed by atoms with van der Waals surface area (Å²) in [5.41, 5.74) is 3.76. The maximum absolute atomic E-state index is 13.0. The zero-order valence-corrected chi connectivity index (χ0v) is 24.3. The highest BCUT2D eigenvalue weighted by molar-refractivity contribution is 7.91. The molecule has 0 radical (unpaired) electrons. The molecule has 41 heavy (non-hydrogen) atoms. The van der Waals surface area contributed by atoms with E-state index in [1.54, 1.807) is 37.4 Å². The second kappa shape index (κ2) is 12.9. The molecular formula is C27H32F2N3O7PS. The van der Waals surface area contributed by atoms with Crippen LogP contribution in [0, 0.1) is 6.92 Å². The number of aryl methyl sites for hydroxylation is 1. The smallest absolute Gasteiger partial charge is 0.469 e. The fraction of sp³-hybridized carbons (Fsp3) is 0.370. The molecule has 0 aliphatic heterocycles. The molecule has 0 fully saturated rings. The molecule has 3 N–H and O–H groups in total. The Labute approximate surface area is 236 Å². The van der Waals surface area contributed by atoms with Gasteiger partial charge in [-0.25, -0.2) is 26.7 Å². The van der Waals surface area contributed by atoms with E-state index in [0.29, 0.717) is 23.3 Å². The van der Waals surface area contributed by atoms with Crippen LogP contribution in [0.1, 0.15) is 18.9 Å². The van der Waals surface area contributed by atoms with Gasteiger partial charge in [-0.2, -0.15) is 0 Å². The lowest BCUT2D eigenvalue weighted by Crippen LogP contribution is -2.33. The number of pyridine rings is 1. The monoisotopic (exact) mass is 611 g/mol. The number of halogens is 2. The average molecular weight is 612 g/mol. The highest BCUT2D eigenvalue weighted by Crippen LogP contribution is 2.39. The number of H-pyrrole nitrogens is 1. The second-order valence-corrected chi connectivity index (χ2v) is 13.1. The van der Waals surface area contributed by atoms with Crippen molar-refractivity contribution < 1.29 is 40.8 Å². The van der Waals surface area contributed by atoms with Crippen LogP contribution in [0.4, 0.5) is 8.78 Å². The minimum absolute atomic E-state index is 0.0136. The van der Waals surface area contributed by atoms with Crippen molar-refractivity contribution in [3.05, 3.63) is 54.2 Å². The highest BCUT2D eigenvalue weighted by atomic mass is 32.2. The van der Waals surface area contributed by atoms with Crippen LogP contribution in [0.2, 0.25) is 0 Å². The Morgan fingerprint density at radius 2 is 1.90 bits per heavy atom. The minimum atomic E-state index is -4.68. The number of hydrogen-bond acceptors (Lipinski definition) is 7. The Kier molecular flexibility index (Phi) is 9.78. The van der Waals surface area contributed by atoms with Crippen LogP contribution in [0.15, 0.2) is 53.6 Å². The first-order chi connectivity index (χ1) is 19.4. The van der Waals surface area contributed by atoms with E-state index < -0.39 is 30.6 Å². The molecule has 0 aliphatic rings. The third kappa shape index (κ3) is 7.88. The van der Waals surface area contributed by atoms with E-state index in [2.05, 4.69) is 14.5 Å². The molecule has 2 aromatic carbocycles. The van der Waals surface area contributed by atoms with Gasteiger partial charge >= 0.3 is 7.82 Å². The molecule has 2 aromatic heterocycles. The Hall–Kier alpha value is -2.93. The van der Waals surface area contributed by atoms with Gasteiger partial charge in [-0.1, -0.05) is 19.1 Å². The summed E-state index contributed by atoms with van der Waals surface area (Å²) >= 11 is 0. The number of phosphoric ester groups is 1. The molecule has 4 rings (SSSR count). The molecule has 0 saturated carbocycles. The summed E-state index contributed by atoms with van der Waals surface area (Å²) < 4.78 is 72.4. The van der Waals surface area contributed by atoms with Crippen molar-refractivity contribution in [3.8, 4) is 16.9 Å². The quantitative estimate of drug-likeness (QED) is 0.134. The average Bonchev–Trinajstić information content (AvgIpc) is 3.29. The van der Waals surface area contributed by atoms with E-state index in [9.17, 15) is 21.8 Å². The van der Waals surface area contributed by atoms with Crippen molar-refractivity contribution >= 4 is 39.6 Å². The summed E-state index contributed by atoms with van der Waals surface area (Å²) in [4.78, 5) is 27.1. The van der Waals surface area contributed by atoms with Crippen LogP contribution >= 0.6 is 7.82 Å². The molecule has 10 nitrogen and oxygen atoms in total. The molecule has 0 unspecified atom stereocenters. The van der Waals surface area contributed by atoms with Gasteiger partial charge in [0.25, 0.3) is 6.43 Å². The molecule has 0 aliphatic carbocycles. The Morgan fingerprint density at radius 3 is 2.61 bits per heavy atom. The van der Waals surface area contributed by atoms with E-state index in [4.69, 9.17) is 14.5 Å². The summed E-state index contributed by atoms with van der Waals surface area (Å²) in [7, 11) is -8.10. The molecule has 0 atom stereocenters. The van der Waals surface area contributed by atoms with Gasteiger partial charge in [0.05, 0.1) is 35.9 Å². The summed E-state index contributed by atoms with van der Waals surface area (Å²) in [5.74, 6) is 0.502. The number of phosphoric acid groups is 1. The minimum Gasteiger partial charge on any atom is -0.491 e. The predicted octanol–water partition coefficient (Wildman–Crippen LogP) is 4.93. The number of alkyl halides is 2. The largest absolute Gasteiger partial charge is 0.491 e. The number of fused-ring (bicyclic) bond motifs is 3. The van der Waals surface area contributed by atoms with Crippen LogP contribution in [0.3, 0.4) is 0 Å². The Bertz CT molecular complexity index is 1670. The van der Waals surface area contributed by atoms with Crippen molar-refractivity contribution in [1.29, 1.82) is 0 Å². The zero-order valence-electron chi connectivity index (χ0n) is 22.6. The molecule has 222 valence electrons. The summed E-state index contributed by atoms with van der Waals surface area (Å²) in [5, 5.41) is 1.66. The predicted molar refractivity (Wildman–Crippen MR) is 152 cm³/mol. The molecule has 0 saturated heterocycles. The van der Waals surface area contributed by atoms with Crippen molar-refractivity contribution in [2.45, 2.75) is 31.6 Å². The fourth-order valence-electron chi connectivity index (χ4n) is 4.60. The molecule has 4 aromatic rings. The number of benzene rings is 2. The van der Waals surface area contributed by atoms with Gasteiger partial charge in [0, 0.05) is 30.1 Å². The van der Waals surface area contributed by atoms with E-state index >= 15 is 0 Å². The maximum Gasteiger partial charge on any atom is 0.469 e. The van der Waals surface area contributed by atoms with Gasteiger partial charge in [-0.3, -0.25) is 9.42 Å². The van der Waals surface area contributed by atoms with Crippen molar-refractivity contribution in [2.75, 3.05) is 38.6 Å². The van der Waals surface area contributed by atoms with Gasteiger partial charge in [-0.05, 0) is 60.4 Å². The van der Waals surface area contributed by atoms with E-state index in [-0.39, 0.29) is 37.0 Å². The summed E-state index contributed by atoms with van der Waals surface area (Å²) in [6, 6.07) is 12.4. The molecule has 14 heteroatoms. The third-order valence-corrected chi connectivity index (χ3v) is 8.78. The van der Waals surface area contributed by atoms with Gasteiger partial charge < -0.3 is 19.5 Å². The molecule has 2 heterocycles. The number of aromatic amines is 1. The van der Waals surface area contributed by atoms with Gasteiger partial charge in [0.2, 0.25) is 0 Å². The van der Waals surface area contributed by atoms with E-state index in [1.807, 2.05) is 25.1 Å². The Balaban J connectivity index is 1.60. The summed E-state index contributed by atoms with van der Waals surface area (Å²) in [6.07, 6.45) is -0.521. The van der Waals surface area contributed by atoms with Crippen LogP contribution < -0.4 is 4.74 Å². The first-order valence-electron chi connectivity index (χ1n) is 13.0. The van der Waals surface area contributed by atoms with Crippen molar-refractivity contribution in [2.24, 2.45) is 0 Å². The Morgan fingerprint density at radius 1 is 1.12 bits per heavy atom. The number of hydrogen-bond donors (Lipinski definition) is 3. The number of aromatic nitrogens is 2. The molecule has 0 bridgehead atoms. The lowest BCUT2D eigenvalue weighted by molar-refractivity contribution is 0.0740. The van der Waals surface area contributed by atoms with Gasteiger partial charge in [0.15, 0.2) is 9.84 Å². The third-order valence-electron chi connectivity index (χ3n) is 6.53. The zero-order chi connectivity index (χ0) is 29.8. The number of sulfone groups is 1. The SMILES string of the molecule is CCS(=O)(=O)c1cccc(-c2ccc(OCCCN(CCOP(=O)(O)O)CC(F)F)c3[nH]c4ncc(C)cc4c23)c1. The van der Waals surface area contributed by atoms with E-state index in [1.165, 1.54) is 4.90 Å². The van der Waals surface area contributed by atoms with E-state index in [0.717, 1.165) is 27.5 Å². The molecule has 0 spiro atoms. The van der Waals surface area contributed by atoms with Crippen molar-refractivity contribution in [1.82, 2.24) is 14.9 Å². The standard InChI is InChI=1S/C27H32F2N3O7PS/c1-3-41(36,37)20-7-4-6-19(15-20)21-8-9-23(26-25(21)22-14-18(2)16-30-27(22)31-26)38-12-5-10-32(17-24(28)29)11-13-39-40(33,34)35/h4,6-9,14-16,24H,3,5,10-13,17H2,1-2H3,(H,30,31)(H2,33,34,35). The van der Waals surface area contributed by atoms with Crippen LogP contribution in [-0.4, -0.2) is 78.1 Å². The number of nitrogens with zero attached hydrogens (tertiary/aromatic N) is 2. The number of nitrogens with one attached hydrogen (secondary N) is 1. The second-order valence-electron chi connectivity index (χ2n) is 9.54. The molecule has 0 amide bonds. The maximum atomic E-state index is 13.0. The normalized spacial score (nSPS) is 12.7. The first-order valence-corrected chi connectivity index (χ1v) is 16.1. The first kappa shape index (κ1) is 31.0. The van der Waals surface area contributed by atoms with Gasteiger partial charge in [-0.15, -0.1) is 0 Å². The topological polar surface area (TPSA) is 142 Å². The lowest BCUT2D eigenvalue weighted by atomic mass is 9.99. The van der Waals surface area contributed by atoms with Crippen LogP contribution in [-0.2, 0) is 18.9 Å². The molecular weight excluding hydrogens is 579 g/mol. The summed E-state index contributed by atoms with van der Waals surface area (Å²) in [6.45, 7) is 2.88. The number of ether oxygens (including phenoxy) is 1. The highest BCUT2D eigenvalue weighted by Gasteiger charge is 2.19. The fourth-order valence-corrected chi connectivity index (χ4v) is 5.84. The van der Waals surface area contributed by atoms with Crippen LogP contribution in [0.25, 0.3) is 33.1 Å². The van der Waals surface area contributed by atoms with Crippen LogP contribution in [0.5, 0.6) is 5.75 Å². The lowest BCUT2D eigenvalue weighted by Gasteiger charge is -2.22. The van der Waals surface area contributed by atoms with Gasteiger partial charge in [0.1, 0.15) is 11.4 Å². The number of rotatable bonds is 14. The van der Waals surface area contributed by atoms with Crippen molar-refractivity contribution in [3.63, 3.8) is 0 Å².